The Hall–Kier alpha value is -4.57. The lowest BCUT2D eigenvalue weighted by Gasteiger charge is -2.35. The van der Waals surface area contributed by atoms with Crippen molar-refractivity contribution in [2.45, 2.75) is 38.1 Å². The van der Waals surface area contributed by atoms with Gasteiger partial charge in [0.1, 0.15) is 6.04 Å². The minimum atomic E-state index is -0.899. The Labute approximate surface area is 231 Å². The summed E-state index contributed by atoms with van der Waals surface area (Å²) in [5.74, 6) is -0.928. The van der Waals surface area contributed by atoms with Crippen molar-refractivity contribution >= 4 is 17.5 Å². The minimum absolute atomic E-state index is 0.129. The maximum atomic E-state index is 14.0. The fraction of sp³-hybridized carbons (Fsp3) is 0.300. The van der Waals surface area contributed by atoms with Crippen LogP contribution in [0, 0.1) is 11.8 Å². The molecule has 5 N–H and O–H groups in total. The van der Waals surface area contributed by atoms with Gasteiger partial charge >= 0.3 is 5.76 Å². The van der Waals surface area contributed by atoms with Crippen LogP contribution < -0.4 is 22.1 Å². The third-order valence-electron chi connectivity index (χ3n) is 7.66. The smallest absolute Gasteiger partial charge is 0.368 e. The van der Waals surface area contributed by atoms with E-state index in [1.807, 2.05) is 36.4 Å². The predicted molar refractivity (Wildman–Crippen MR) is 151 cm³/mol. The topological polar surface area (TPSA) is 161 Å². The van der Waals surface area contributed by atoms with Crippen LogP contribution in [0.4, 0.5) is 5.69 Å². The number of H-pyrrole nitrogens is 1. The van der Waals surface area contributed by atoms with Crippen LogP contribution in [0.5, 0.6) is 0 Å². The molecule has 1 aliphatic rings. The Kier molecular flexibility index (Phi) is 8.16. The van der Waals surface area contributed by atoms with Crippen molar-refractivity contribution in [2.75, 3.05) is 11.4 Å². The van der Waals surface area contributed by atoms with Crippen molar-refractivity contribution in [1.29, 1.82) is 0 Å². The Morgan fingerprint density at radius 2 is 1.55 bits per heavy atom. The lowest BCUT2D eigenvalue weighted by atomic mass is 9.81. The van der Waals surface area contributed by atoms with E-state index in [1.165, 1.54) is 0 Å². The van der Waals surface area contributed by atoms with E-state index in [0.717, 1.165) is 29.5 Å². The third-order valence-corrected chi connectivity index (χ3v) is 7.66. The standard InChI is InChI=1S/C30H32N6O4/c31-18-20-3-7-24(8-4-20)29(38)36(25-11-9-23(10-12-25)28-34-30(39)40-35-28)26(27(32)37)17-19-1-5-21(6-2-19)22-13-15-33-16-14-22/h1-2,5-6,9-16,20,24,26H,3-4,7-8,17-18,31H2,(H2,32,37)(H,34,35,39)/t20?,24?,26-/m0/s1. The van der Waals surface area contributed by atoms with E-state index in [4.69, 9.17) is 11.5 Å². The number of hydrogen-bond donors (Lipinski definition) is 3. The van der Waals surface area contributed by atoms with Gasteiger partial charge in [-0.2, -0.15) is 0 Å². The Morgan fingerprint density at radius 1 is 0.925 bits per heavy atom. The summed E-state index contributed by atoms with van der Waals surface area (Å²) in [6, 6.07) is 17.7. The first kappa shape index (κ1) is 27.0. The molecule has 10 heteroatoms. The molecule has 206 valence electrons. The van der Waals surface area contributed by atoms with Crippen molar-refractivity contribution < 1.29 is 14.1 Å². The zero-order valence-electron chi connectivity index (χ0n) is 22.0. The van der Waals surface area contributed by atoms with Crippen LogP contribution in [-0.2, 0) is 16.0 Å². The molecule has 0 radical (unpaired) electrons. The quantitative estimate of drug-likeness (QED) is 0.293. The van der Waals surface area contributed by atoms with Crippen molar-refractivity contribution in [3.63, 3.8) is 0 Å². The lowest BCUT2D eigenvalue weighted by molar-refractivity contribution is -0.127. The average molecular weight is 541 g/mol. The van der Waals surface area contributed by atoms with E-state index in [-0.39, 0.29) is 24.1 Å². The van der Waals surface area contributed by atoms with E-state index < -0.39 is 17.7 Å². The van der Waals surface area contributed by atoms with Crippen LogP contribution in [0.25, 0.3) is 22.5 Å². The molecule has 1 saturated carbocycles. The number of aromatic amines is 1. The molecule has 4 aromatic rings. The van der Waals surface area contributed by atoms with Crippen molar-refractivity contribution in [3.05, 3.63) is 89.2 Å². The van der Waals surface area contributed by atoms with E-state index in [9.17, 15) is 14.4 Å². The summed E-state index contributed by atoms with van der Waals surface area (Å²) in [7, 11) is 0. The second-order valence-corrected chi connectivity index (χ2v) is 10.2. The Bertz CT molecular complexity index is 1490. The van der Waals surface area contributed by atoms with Crippen LogP contribution in [0.3, 0.4) is 0 Å². The fourth-order valence-electron chi connectivity index (χ4n) is 5.36. The molecule has 10 nitrogen and oxygen atoms in total. The van der Waals surface area contributed by atoms with Crippen molar-refractivity contribution in [3.8, 4) is 22.5 Å². The van der Waals surface area contributed by atoms with E-state index in [2.05, 4.69) is 19.6 Å². The van der Waals surface area contributed by atoms with Gasteiger partial charge in [-0.3, -0.25) is 29.0 Å². The molecule has 0 saturated heterocycles. The monoisotopic (exact) mass is 540 g/mol. The first-order valence-corrected chi connectivity index (χ1v) is 13.4. The highest BCUT2D eigenvalue weighted by Gasteiger charge is 2.36. The number of carbonyl (C=O) groups excluding carboxylic acids is 2. The maximum absolute atomic E-state index is 14.0. The fourth-order valence-corrected chi connectivity index (χ4v) is 5.36. The number of primary amides is 1. The van der Waals surface area contributed by atoms with Crippen LogP contribution in [-0.4, -0.2) is 39.5 Å². The normalized spacial score (nSPS) is 17.7. The molecular weight excluding hydrogens is 508 g/mol. The third kappa shape index (κ3) is 6.02. The highest BCUT2D eigenvalue weighted by Crippen LogP contribution is 2.33. The molecule has 2 aromatic carbocycles. The number of hydrogen-bond acceptors (Lipinski definition) is 7. The molecule has 1 fully saturated rings. The van der Waals surface area contributed by atoms with Gasteiger partial charge in [-0.05, 0) is 91.2 Å². The van der Waals surface area contributed by atoms with Gasteiger partial charge in [0.2, 0.25) is 11.8 Å². The number of nitrogens with one attached hydrogen (secondary N) is 1. The molecule has 1 atom stereocenters. The van der Waals surface area contributed by atoms with Gasteiger partial charge in [-0.15, -0.1) is 0 Å². The van der Waals surface area contributed by atoms with Gasteiger partial charge in [-0.25, -0.2) is 4.79 Å². The van der Waals surface area contributed by atoms with Crippen LogP contribution >= 0.6 is 0 Å². The number of amides is 2. The van der Waals surface area contributed by atoms with Gasteiger partial charge < -0.3 is 11.5 Å². The first-order chi connectivity index (χ1) is 19.4. The van der Waals surface area contributed by atoms with Gasteiger partial charge in [0.15, 0.2) is 5.82 Å². The molecule has 2 amide bonds. The summed E-state index contributed by atoms with van der Waals surface area (Å²) in [6.07, 6.45) is 6.90. The highest BCUT2D eigenvalue weighted by atomic mass is 16.5. The molecule has 40 heavy (non-hydrogen) atoms. The second kappa shape index (κ2) is 12.1. The Morgan fingerprint density at radius 3 is 2.12 bits per heavy atom. The number of nitrogens with two attached hydrogens (primary N) is 2. The molecule has 0 unspecified atom stereocenters. The van der Waals surface area contributed by atoms with Gasteiger partial charge in [0, 0.05) is 36.0 Å². The molecule has 2 heterocycles. The van der Waals surface area contributed by atoms with E-state index in [0.29, 0.717) is 36.6 Å². The summed E-state index contributed by atoms with van der Waals surface area (Å²) >= 11 is 0. The van der Waals surface area contributed by atoms with Gasteiger partial charge in [0.05, 0.1) is 0 Å². The largest absolute Gasteiger partial charge is 0.439 e. The van der Waals surface area contributed by atoms with Gasteiger partial charge in [0.25, 0.3) is 0 Å². The molecule has 0 spiro atoms. The summed E-state index contributed by atoms with van der Waals surface area (Å²) in [6.45, 7) is 0.607. The molecule has 0 aliphatic heterocycles. The van der Waals surface area contributed by atoms with Crippen LogP contribution in [0.15, 0.2) is 82.4 Å². The number of carbonyl (C=O) groups is 2. The maximum Gasteiger partial charge on any atom is 0.439 e. The summed E-state index contributed by atoms with van der Waals surface area (Å²) in [5.41, 5.74) is 15.9. The molecule has 2 aromatic heterocycles. The van der Waals surface area contributed by atoms with Crippen LogP contribution in [0.1, 0.15) is 31.2 Å². The number of nitrogens with zero attached hydrogens (tertiary/aromatic N) is 3. The summed E-state index contributed by atoms with van der Waals surface area (Å²) in [5, 5.41) is 3.72. The zero-order valence-corrected chi connectivity index (χ0v) is 22.0. The van der Waals surface area contributed by atoms with Crippen molar-refractivity contribution in [2.24, 2.45) is 23.3 Å². The number of aromatic nitrogens is 3. The second-order valence-electron chi connectivity index (χ2n) is 10.2. The number of anilines is 1. The van der Waals surface area contributed by atoms with Crippen LogP contribution in [0.2, 0.25) is 0 Å². The van der Waals surface area contributed by atoms with E-state index in [1.54, 1.807) is 41.6 Å². The summed E-state index contributed by atoms with van der Waals surface area (Å²) < 4.78 is 4.61. The number of benzene rings is 2. The first-order valence-electron chi connectivity index (χ1n) is 13.4. The Balaban J connectivity index is 1.45. The minimum Gasteiger partial charge on any atom is -0.368 e. The molecule has 1 aliphatic carbocycles. The SMILES string of the molecule is NCC1CCC(C(=O)N(c2ccc(-c3noc(=O)[nH]3)cc2)[C@@H](Cc2ccc(-c3ccncc3)cc2)C(N)=O)CC1. The molecular formula is C30H32N6O4. The number of rotatable bonds is 9. The predicted octanol–water partition coefficient (Wildman–Crippen LogP) is 3.29. The van der Waals surface area contributed by atoms with Gasteiger partial charge in [-0.1, -0.05) is 29.4 Å². The highest BCUT2D eigenvalue weighted by molar-refractivity contribution is 6.01. The summed E-state index contributed by atoms with van der Waals surface area (Å²) in [4.78, 5) is 46.5. The number of pyridine rings is 1. The van der Waals surface area contributed by atoms with Crippen molar-refractivity contribution in [1.82, 2.24) is 15.1 Å². The van der Waals surface area contributed by atoms with E-state index >= 15 is 0 Å². The average Bonchev–Trinajstić information content (AvgIpc) is 3.44. The molecule has 0 bridgehead atoms. The molecule has 5 rings (SSSR count). The lowest BCUT2D eigenvalue weighted by Crippen LogP contribution is -2.52. The zero-order chi connectivity index (χ0) is 28.1.